The van der Waals surface area contributed by atoms with Crippen molar-refractivity contribution in [3.05, 3.63) is 23.4 Å². The van der Waals surface area contributed by atoms with E-state index in [2.05, 4.69) is 17.2 Å². The van der Waals surface area contributed by atoms with Gasteiger partial charge in [-0.05, 0) is 24.1 Å². The van der Waals surface area contributed by atoms with Crippen molar-refractivity contribution in [2.24, 2.45) is 0 Å². The maximum Gasteiger partial charge on any atom is 0.183 e. The van der Waals surface area contributed by atoms with Gasteiger partial charge in [0.15, 0.2) is 16.6 Å². The third kappa shape index (κ3) is 3.24. The van der Waals surface area contributed by atoms with E-state index in [1.54, 1.807) is 11.3 Å². The Morgan fingerprint density at radius 1 is 1.33 bits per heavy atom. The van der Waals surface area contributed by atoms with Gasteiger partial charge in [-0.2, -0.15) is 0 Å². The molecule has 0 fully saturated rings. The summed E-state index contributed by atoms with van der Waals surface area (Å²) in [5.74, 6) is 1.36. The minimum atomic E-state index is 0.584. The summed E-state index contributed by atoms with van der Waals surface area (Å²) in [5.41, 5.74) is 1.01. The second-order valence-electron chi connectivity index (χ2n) is 4.79. The monoisotopic (exact) mass is 324 g/mol. The number of aromatic nitrogens is 1. The first-order valence-electron chi connectivity index (χ1n) is 7.07. The normalized spacial score (nSPS) is 13.8. The lowest BCUT2D eigenvalue weighted by molar-refractivity contribution is 0.297. The Bertz CT molecular complexity index is 630. The molecule has 21 heavy (non-hydrogen) atoms. The van der Waals surface area contributed by atoms with Crippen molar-refractivity contribution in [3.63, 3.8) is 0 Å². The number of thiazole rings is 1. The highest BCUT2D eigenvalue weighted by atomic mass is 35.5. The fourth-order valence-electron chi connectivity index (χ4n) is 2.09. The second-order valence-corrected chi connectivity index (χ2v) is 6.23. The first-order valence-corrected chi connectivity index (χ1v) is 8.26. The van der Waals surface area contributed by atoms with E-state index in [1.807, 2.05) is 18.3 Å². The zero-order valence-electron chi connectivity index (χ0n) is 11.8. The van der Waals surface area contributed by atoms with Gasteiger partial charge in [0, 0.05) is 19.2 Å². The molecule has 6 heteroatoms. The topological polar surface area (TPSA) is 43.4 Å². The molecule has 2 aromatic rings. The van der Waals surface area contributed by atoms with Crippen molar-refractivity contribution in [2.45, 2.75) is 19.8 Å². The number of fused-ring (bicyclic) bond motifs is 1. The fraction of sp³-hybridized carbons (Fsp3) is 0.400. The maximum absolute atomic E-state index is 6.32. The van der Waals surface area contributed by atoms with Gasteiger partial charge in [0.1, 0.15) is 0 Å². The van der Waals surface area contributed by atoms with E-state index in [0.29, 0.717) is 29.7 Å². The molecule has 3 rings (SSSR count). The number of rotatable bonds is 4. The highest BCUT2D eigenvalue weighted by Crippen LogP contribution is 2.42. The molecule has 1 aromatic carbocycles. The largest absolute Gasteiger partial charge is 0.489 e. The van der Waals surface area contributed by atoms with Crippen LogP contribution in [0.1, 0.15) is 19.8 Å². The summed E-state index contributed by atoms with van der Waals surface area (Å²) in [7, 11) is 0. The van der Waals surface area contributed by atoms with Crippen molar-refractivity contribution in [2.75, 3.05) is 25.1 Å². The number of benzene rings is 1. The van der Waals surface area contributed by atoms with Crippen LogP contribution in [0.3, 0.4) is 0 Å². The van der Waals surface area contributed by atoms with E-state index >= 15 is 0 Å². The predicted octanol–water partition coefficient (Wildman–Crippen LogP) is 4.45. The van der Waals surface area contributed by atoms with E-state index < -0.39 is 0 Å². The highest BCUT2D eigenvalue weighted by molar-refractivity contribution is 7.18. The molecule has 1 aromatic heterocycles. The molecule has 0 atom stereocenters. The van der Waals surface area contributed by atoms with Gasteiger partial charge >= 0.3 is 0 Å². The summed E-state index contributed by atoms with van der Waals surface area (Å²) >= 11 is 7.94. The summed E-state index contributed by atoms with van der Waals surface area (Å²) in [6.07, 6.45) is 3.80. The number of halogens is 1. The van der Waals surface area contributed by atoms with Gasteiger partial charge in [0.2, 0.25) is 0 Å². The van der Waals surface area contributed by atoms with Crippen LogP contribution in [0.2, 0.25) is 5.02 Å². The third-order valence-corrected chi connectivity index (χ3v) is 4.40. The molecule has 0 saturated carbocycles. The molecule has 0 unspecified atom stereocenters. The summed E-state index contributed by atoms with van der Waals surface area (Å²) in [6, 6.07) is 3.88. The number of hydrogen-bond acceptors (Lipinski definition) is 5. The smallest absolute Gasteiger partial charge is 0.183 e. The first kappa shape index (κ1) is 14.5. The Labute approximate surface area is 133 Å². The van der Waals surface area contributed by atoms with Crippen molar-refractivity contribution >= 4 is 28.1 Å². The molecule has 1 aliphatic rings. The van der Waals surface area contributed by atoms with Crippen molar-refractivity contribution in [1.29, 1.82) is 0 Å². The molecule has 0 amide bonds. The predicted molar refractivity (Wildman–Crippen MR) is 86.9 cm³/mol. The molecule has 1 aliphatic heterocycles. The van der Waals surface area contributed by atoms with E-state index in [1.165, 1.54) is 0 Å². The highest BCUT2D eigenvalue weighted by Gasteiger charge is 2.17. The van der Waals surface area contributed by atoms with Crippen LogP contribution in [-0.4, -0.2) is 24.7 Å². The van der Waals surface area contributed by atoms with Gasteiger partial charge in [-0.3, -0.25) is 0 Å². The van der Waals surface area contributed by atoms with Gasteiger partial charge in [0.05, 0.1) is 23.1 Å². The fourth-order valence-corrected chi connectivity index (χ4v) is 3.19. The lowest BCUT2D eigenvalue weighted by Crippen LogP contribution is -1.97. The summed E-state index contributed by atoms with van der Waals surface area (Å²) in [5, 5.41) is 4.80. The molecule has 0 radical (unpaired) electrons. The average molecular weight is 325 g/mol. The Kier molecular flexibility index (Phi) is 4.51. The minimum absolute atomic E-state index is 0.584. The molecule has 0 bridgehead atoms. The minimum Gasteiger partial charge on any atom is -0.489 e. The van der Waals surface area contributed by atoms with Crippen molar-refractivity contribution in [3.8, 4) is 21.9 Å². The Morgan fingerprint density at radius 2 is 2.19 bits per heavy atom. The van der Waals surface area contributed by atoms with E-state index in [9.17, 15) is 0 Å². The van der Waals surface area contributed by atoms with Crippen molar-refractivity contribution in [1.82, 2.24) is 4.98 Å². The summed E-state index contributed by atoms with van der Waals surface area (Å²) in [4.78, 5) is 5.44. The van der Waals surface area contributed by atoms with Crippen LogP contribution in [0, 0.1) is 0 Å². The van der Waals surface area contributed by atoms with Gasteiger partial charge in [-0.25, -0.2) is 4.98 Å². The quantitative estimate of drug-likeness (QED) is 0.902. The maximum atomic E-state index is 6.32. The van der Waals surface area contributed by atoms with E-state index in [4.69, 9.17) is 21.1 Å². The van der Waals surface area contributed by atoms with Gasteiger partial charge in [-0.15, -0.1) is 0 Å². The number of anilines is 1. The van der Waals surface area contributed by atoms with Crippen LogP contribution in [0.15, 0.2) is 18.3 Å². The number of hydrogen-bond donors (Lipinski definition) is 1. The Morgan fingerprint density at radius 3 is 3.05 bits per heavy atom. The SMILES string of the molecule is CCCNc1ncc(-c2cc(Cl)c3c(c2)OCCCO3)s1. The molecule has 2 heterocycles. The average Bonchev–Trinajstić information content (AvgIpc) is 2.82. The van der Waals surface area contributed by atoms with Crippen LogP contribution in [-0.2, 0) is 0 Å². The third-order valence-electron chi connectivity index (χ3n) is 3.12. The lowest BCUT2D eigenvalue weighted by Gasteiger charge is -2.10. The van der Waals surface area contributed by atoms with E-state index in [-0.39, 0.29) is 0 Å². The summed E-state index contributed by atoms with van der Waals surface area (Å²) < 4.78 is 11.4. The number of nitrogens with one attached hydrogen (secondary N) is 1. The second kappa shape index (κ2) is 6.54. The Balaban J connectivity index is 1.90. The molecular weight excluding hydrogens is 308 g/mol. The molecule has 0 saturated heterocycles. The summed E-state index contributed by atoms with van der Waals surface area (Å²) in [6.45, 7) is 4.34. The number of nitrogens with zero attached hydrogens (tertiary/aromatic N) is 1. The lowest BCUT2D eigenvalue weighted by atomic mass is 10.2. The van der Waals surface area contributed by atoms with Crippen LogP contribution >= 0.6 is 22.9 Å². The van der Waals surface area contributed by atoms with Crippen molar-refractivity contribution < 1.29 is 9.47 Å². The van der Waals surface area contributed by atoms with Gasteiger partial charge in [-0.1, -0.05) is 29.9 Å². The molecule has 4 nitrogen and oxygen atoms in total. The zero-order chi connectivity index (χ0) is 14.7. The van der Waals surface area contributed by atoms with Crippen LogP contribution < -0.4 is 14.8 Å². The number of ether oxygens (including phenoxy) is 2. The van der Waals surface area contributed by atoms with Crippen LogP contribution in [0.5, 0.6) is 11.5 Å². The molecule has 0 spiro atoms. The molecule has 1 N–H and O–H groups in total. The van der Waals surface area contributed by atoms with Crippen LogP contribution in [0.25, 0.3) is 10.4 Å². The van der Waals surface area contributed by atoms with Crippen LogP contribution in [0.4, 0.5) is 5.13 Å². The first-order chi connectivity index (χ1) is 10.3. The zero-order valence-corrected chi connectivity index (χ0v) is 13.4. The molecule has 112 valence electrons. The Hall–Kier alpha value is -1.46. The molecular formula is C15H17ClN2O2S. The standard InChI is InChI=1S/C15H17ClN2O2S/c1-2-4-17-15-18-9-13(21-15)10-7-11(16)14-12(8-10)19-5-3-6-20-14/h7-9H,2-6H2,1H3,(H,17,18). The van der Waals surface area contributed by atoms with E-state index in [0.717, 1.165) is 35.0 Å². The molecule has 0 aliphatic carbocycles. The van der Waals surface area contributed by atoms with Gasteiger partial charge < -0.3 is 14.8 Å². The van der Waals surface area contributed by atoms with Gasteiger partial charge in [0.25, 0.3) is 0 Å².